The number of amides is 1. The van der Waals surface area contributed by atoms with Gasteiger partial charge >= 0.3 is 12.1 Å². The summed E-state index contributed by atoms with van der Waals surface area (Å²) >= 11 is 0. The summed E-state index contributed by atoms with van der Waals surface area (Å²) in [5.74, 6) is -0.952. The highest BCUT2D eigenvalue weighted by molar-refractivity contribution is 5.93. The predicted octanol–water partition coefficient (Wildman–Crippen LogP) is 1.15. The van der Waals surface area contributed by atoms with Gasteiger partial charge in [0.1, 0.15) is 18.5 Å². The lowest BCUT2D eigenvalue weighted by molar-refractivity contribution is -0.137. The van der Waals surface area contributed by atoms with Crippen LogP contribution in [-0.4, -0.2) is 42.3 Å². The zero-order valence-corrected chi connectivity index (χ0v) is 12.5. The Labute approximate surface area is 130 Å². The monoisotopic (exact) mass is 318 g/mol. The van der Waals surface area contributed by atoms with Crippen LogP contribution in [0.3, 0.4) is 0 Å². The first-order valence-electron chi connectivity index (χ1n) is 6.57. The van der Waals surface area contributed by atoms with Gasteiger partial charge in [-0.2, -0.15) is 5.26 Å². The highest BCUT2D eigenvalue weighted by atomic mass is 16.6. The van der Waals surface area contributed by atoms with E-state index in [9.17, 15) is 9.59 Å². The SMILES string of the molecule is CC(C)(CC#N)OC(=O)Nc1ncnc2c1ncn2CC(=O)O. The van der Waals surface area contributed by atoms with E-state index in [0.717, 1.165) is 0 Å². The average Bonchev–Trinajstić information content (AvgIpc) is 2.81. The van der Waals surface area contributed by atoms with Gasteiger partial charge in [-0.05, 0) is 13.8 Å². The molecule has 2 aromatic rings. The molecule has 0 aliphatic heterocycles. The summed E-state index contributed by atoms with van der Waals surface area (Å²) in [5, 5.41) is 19.9. The molecular weight excluding hydrogens is 304 g/mol. The predicted molar refractivity (Wildman–Crippen MR) is 77.4 cm³/mol. The maximum atomic E-state index is 11.9. The molecule has 10 heteroatoms. The topological polar surface area (TPSA) is 143 Å². The number of aromatic nitrogens is 4. The van der Waals surface area contributed by atoms with E-state index in [0.29, 0.717) is 0 Å². The van der Waals surface area contributed by atoms with Crippen molar-refractivity contribution in [2.45, 2.75) is 32.4 Å². The minimum Gasteiger partial charge on any atom is -0.480 e. The van der Waals surface area contributed by atoms with Gasteiger partial charge in [0.05, 0.1) is 18.8 Å². The maximum absolute atomic E-state index is 11.9. The number of imidazole rings is 1. The highest BCUT2D eigenvalue weighted by Gasteiger charge is 2.23. The molecule has 120 valence electrons. The van der Waals surface area contributed by atoms with Crippen LogP contribution in [0.4, 0.5) is 10.6 Å². The van der Waals surface area contributed by atoms with Gasteiger partial charge in [-0.25, -0.2) is 19.7 Å². The molecule has 2 rings (SSSR count). The van der Waals surface area contributed by atoms with Gasteiger partial charge in [0.25, 0.3) is 0 Å². The standard InChI is InChI=1S/C13H14N6O4/c1-13(2,3-4-14)23-12(22)18-10-9-11(16-6-15-10)19(7-17-9)5-8(20)21/h6-7H,3,5H2,1-2H3,(H,20,21)(H,15,16,18,22). The zero-order valence-electron chi connectivity index (χ0n) is 12.5. The minimum atomic E-state index is -1.05. The van der Waals surface area contributed by atoms with Gasteiger partial charge in [-0.1, -0.05) is 0 Å². The molecule has 0 bridgehead atoms. The molecule has 2 heterocycles. The first-order chi connectivity index (χ1) is 10.8. The molecule has 1 amide bonds. The molecule has 10 nitrogen and oxygen atoms in total. The van der Waals surface area contributed by atoms with Crippen molar-refractivity contribution in [1.29, 1.82) is 5.26 Å². The summed E-state index contributed by atoms with van der Waals surface area (Å²) < 4.78 is 6.46. The van der Waals surface area contributed by atoms with Crippen LogP contribution in [-0.2, 0) is 16.1 Å². The van der Waals surface area contributed by atoms with Crippen LogP contribution in [0.1, 0.15) is 20.3 Å². The number of nitriles is 1. The van der Waals surface area contributed by atoms with Crippen molar-refractivity contribution in [3.05, 3.63) is 12.7 Å². The summed E-state index contributed by atoms with van der Waals surface area (Å²) in [6.45, 7) is 2.90. The van der Waals surface area contributed by atoms with Crippen LogP contribution in [0.15, 0.2) is 12.7 Å². The number of carboxylic acid groups (broad SMARTS) is 1. The molecule has 0 spiro atoms. The number of hydrogen-bond donors (Lipinski definition) is 2. The molecule has 0 radical (unpaired) electrons. The normalized spacial score (nSPS) is 11.0. The van der Waals surface area contributed by atoms with E-state index in [4.69, 9.17) is 15.1 Å². The molecule has 0 saturated heterocycles. The fourth-order valence-electron chi connectivity index (χ4n) is 1.83. The van der Waals surface area contributed by atoms with Crippen molar-refractivity contribution in [2.24, 2.45) is 0 Å². The average molecular weight is 318 g/mol. The van der Waals surface area contributed by atoms with Crippen molar-refractivity contribution in [2.75, 3.05) is 5.32 Å². The molecule has 0 aliphatic rings. The quantitative estimate of drug-likeness (QED) is 0.835. The molecule has 23 heavy (non-hydrogen) atoms. The Morgan fingerprint density at radius 3 is 2.83 bits per heavy atom. The Bertz CT molecular complexity index is 791. The van der Waals surface area contributed by atoms with E-state index in [2.05, 4.69) is 20.3 Å². The lowest BCUT2D eigenvalue weighted by atomic mass is 10.1. The third-order valence-electron chi connectivity index (χ3n) is 2.80. The van der Waals surface area contributed by atoms with Crippen LogP contribution in [0, 0.1) is 11.3 Å². The number of ether oxygens (including phenoxy) is 1. The summed E-state index contributed by atoms with van der Waals surface area (Å²) in [7, 11) is 0. The third kappa shape index (κ3) is 3.91. The molecule has 0 aromatic carbocycles. The van der Waals surface area contributed by atoms with Crippen molar-refractivity contribution < 1.29 is 19.4 Å². The Hall–Kier alpha value is -3.22. The van der Waals surface area contributed by atoms with E-state index in [1.54, 1.807) is 13.8 Å². The van der Waals surface area contributed by atoms with Crippen LogP contribution in [0.5, 0.6) is 0 Å². The van der Waals surface area contributed by atoms with Crippen LogP contribution < -0.4 is 5.32 Å². The Morgan fingerprint density at radius 1 is 1.43 bits per heavy atom. The number of carboxylic acids is 1. The number of carbonyl (C=O) groups excluding carboxylic acids is 1. The molecule has 0 unspecified atom stereocenters. The lowest BCUT2D eigenvalue weighted by Crippen LogP contribution is -2.30. The first kappa shape index (κ1) is 16.2. The van der Waals surface area contributed by atoms with Gasteiger partial charge in [0.2, 0.25) is 0 Å². The van der Waals surface area contributed by atoms with Crippen LogP contribution in [0.2, 0.25) is 0 Å². The second-order valence-corrected chi connectivity index (χ2v) is 5.27. The Kier molecular flexibility index (Phi) is 4.40. The van der Waals surface area contributed by atoms with E-state index < -0.39 is 17.7 Å². The summed E-state index contributed by atoms with van der Waals surface area (Å²) in [4.78, 5) is 34.6. The van der Waals surface area contributed by atoms with E-state index in [-0.39, 0.29) is 29.9 Å². The summed E-state index contributed by atoms with van der Waals surface area (Å²) in [6.07, 6.45) is 1.72. The van der Waals surface area contributed by atoms with Gasteiger partial charge in [0, 0.05) is 0 Å². The van der Waals surface area contributed by atoms with Crippen molar-refractivity contribution in [1.82, 2.24) is 19.5 Å². The van der Waals surface area contributed by atoms with Gasteiger partial charge in [0.15, 0.2) is 17.0 Å². The second-order valence-electron chi connectivity index (χ2n) is 5.27. The molecule has 2 N–H and O–H groups in total. The number of fused-ring (bicyclic) bond motifs is 1. The number of rotatable bonds is 5. The molecule has 2 aromatic heterocycles. The molecule has 0 fully saturated rings. The molecule has 0 aliphatic carbocycles. The number of carbonyl (C=O) groups is 2. The summed E-state index contributed by atoms with van der Waals surface area (Å²) in [6, 6.07) is 1.93. The highest BCUT2D eigenvalue weighted by Crippen LogP contribution is 2.19. The maximum Gasteiger partial charge on any atom is 0.413 e. The van der Waals surface area contributed by atoms with Crippen LogP contribution >= 0.6 is 0 Å². The van der Waals surface area contributed by atoms with E-state index in [1.807, 2.05) is 6.07 Å². The van der Waals surface area contributed by atoms with Crippen LogP contribution in [0.25, 0.3) is 11.2 Å². The number of anilines is 1. The molecule has 0 saturated carbocycles. The summed E-state index contributed by atoms with van der Waals surface area (Å²) in [5.41, 5.74) is -0.439. The Morgan fingerprint density at radius 2 is 2.17 bits per heavy atom. The van der Waals surface area contributed by atoms with Gasteiger partial charge in [-0.3, -0.25) is 10.1 Å². The third-order valence-corrected chi connectivity index (χ3v) is 2.80. The molecule has 0 atom stereocenters. The molecular formula is C13H14N6O4. The minimum absolute atomic E-state index is 0.0346. The number of nitrogens with one attached hydrogen (secondary N) is 1. The fourth-order valence-corrected chi connectivity index (χ4v) is 1.83. The van der Waals surface area contributed by atoms with Crippen molar-refractivity contribution >= 4 is 29.0 Å². The second kappa shape index (κ2) is 6.27. The first-order valence-corrected chi connectivity index (χ1v) is 6.57. The smallest absolute Gasteiger partial charge is 0.413 e. The van der Waals surface area contributed by atoms with Crippen molar-refractivity contribution in [3.8, 4) is 6.07 Å². The fraction of sp³-hybridized carbons (Fsp3) is 0.385. The van der Waals surface area contributed by atoms with Gasteiger partial charge in [-0.15, -0.1) is 0 Å². The number of nitrogens with zero attached hydrogens (tertiary/aromatic N) is 5. The zero-order chi connectivity index (χ0) is 17.0. The van der Waals surface area contributed by atoms with Crippen molar-refractivity contribution in [3.63, 3.8) is 0 Å². The van der Waals surface area contributed by atoms with E-state index in [1.165, 1.54) is 17.2 Å². The number of aliphatic carboxylic acids is 1. The van der Waals surface area contributed by atoms with Gasteiger partial charge < -0.3 is 14.4 Å². The Balaban J connectivity index is 2.21. The lowest BCUT2D eigenvalue weighted by Gasteiger charge is -2.21. The van der Waals surface area contributed by atoms with E-state index >= 15 is 0 Å². The largest absolute Gasteiger partial charge is 0.480 e. The number of hydrogen-bond acceptors (Lipinski definition) is 7.